The Morgan fingerprint density at radius 2 is 2.13 bits per heavy atom. The lowest BCUT2D eigenvalue weighted by Gasteiger charge is -2.41. The number of hydrogen-bond donors (Lipinski definition) is 0. The number of carbonyl (C=O) groups is 1. The van der Waals surface area contributed by atoms with Gasteiger partial charge in [0.2, 0.25) is 0 Å². The van der Waals surface area contributed by atoms with Crippen molar-refractivity contribution < 1.29 is 9.53 Å². The number of carbonyl (C=O) groups excluding carboxylic acids is 1. The molecule has 0 aliphatic carbocycles. The van der Waals surface area contributed by atoms with E-state index in [-0.39, 0.29) is 16.8 Å². The molecule has 2 rings (SSSR count). The molecule has 2 saturated heterocycles. The molecule has 0 aromatic heterocycles. The van der Waals surface area contributed by atoms with E-state index < -0.39 is 0 Å². The zero-order chi connectivity index (χ0) is 11.3. The number of rotatable bonds is 2. The third-order valence-electron chi connectivity index (χ3n) is 4.07. The normalized spacial score (nSPS) is 42.7. The molecule has 15 heavy (non-hydrogen) atoms. The summed E-state index contributed by atoms with van der Waals surface area (Å²) >= 11 is 0. The van der Waals surface area contributed by atoms with Crippen LogP contribution in [0.25, 0.3) is 0 Å². The van der Waals surface area contributed by atoms with Crippen molar-refractivity contribution >= 4 is 5.78 Å². The van der Waals surface area contributed by atoms with E-state index in [2.05, 4.69) is 20.8 Å². The van der Waals surface area contributed by atoms with Crippen LogP contribution in [0.15, 0.2) is 12.2 Å². The average Bonchev–Trinajstić information content (AvgIpc) is 2.50. The van der Waals surface area contributed by atoms with Crippen LogP contribution in [0.5, 0.6) is 0 Å². The van der Waals surface area contributed by atoms with Crippen molar-refractivity contribution in [2.75, 3.05) is 0 Å². The molecule has 0 aromatic carbocycles. The zero-order valence-electron chi connectivity index (χ0n) is 10.0. The molecule has 3 atom stereocenters. The number of hydrogen-bond acceptors (Lipinski definition) is 2. The highest BCUT2D eigenvalue weighted by atomic mass is 16.5. The fraction of sp³-hybridized carbons (Fsp3) is 0.769. The van der Waals surface area contributed by atoms with Gasteiger partial charge in [-0.2, -0.15) is 0 Å². The molecule has 2 aliphatic heterocycles. The SMILES string of the molecule is CC(=O)/C=C/C12O[C@H](C[C@H]1C)CC2(C)C. The Morgan fingerprint density at radius 1 is 1.47 bits per heavy atom. The summed E-state index contributed by atoms with van der Waals surface area (Å²) in [5.41, 5.74) is -0.0510. The van der Waals surface area contributed by atoms with Crippen LogP contribution in [0.2, 0.25) is 0 Å². The number of ether oxygens (including phenoxy) is 1. The molecule has 2 heterocycles. The molecule has 0 aromatic rings. The van der Waals surface area contributed by atoms with Gasteiger partial charge in [0, 0.05) is 5.41 Å². The number of allylic oxidation sites excluding steroid dienone is 1. The van der Waals surface area contributed by atoms with Crippen molar-refractivity contribution in [3.63, 3.8) is 0 Å². The second kappa shape index (κ2) is 3.18. The Bertz CT molecular complexity index is 316. The monoisotopic (exact) mass is 208 g/mol. The van der Waals surface area contributed by atoms with E-state index in [0.717, 1.165) is 12.8 Å². The molecule has 0 radical (unpaired) electrons. The minimum Gasteiger partial charge on any atom is -0.367 e. The van der Waals surface area contributed by atoms with Crippen LogP contribution >= 0.6 is 0 Å². The average molecular weight is 208 g/mol. The van der Waals surface area contributed by atoms with Gasteiger partial charge in [-0.1, -0.05) is 20.8 Å². The van der Waals surface area contributed by atoms with Crippen LogP contribution < -0.4 is 0 Å². The molecule has 2 fully saturated rings. The van der Waals surface area contributed by atoms with Gasteiger partial charge in [-0.25, -0.2) is 0 Å². The first-order valence-corrected chi connectivity index (χ1v) is 5.75. The fourth-order valence-corrected chi connectivity index (χ4v) is 3.36. The van der Waals surface area contributed by atoms with E-state index in [1.807, 2.05) is 6.08 Å². The summed E-state index contributed by atoms with van der Waals surface area (Å²) in [7, 11) is 0. The third kappa shape index (κ3) is 1.46. The summed E-state index contributed by atoms with van der Waals surface area (Å²) < 4.78 is 6.10. The molecule has 0 saturated carbocycles. The Hall–Kier alpha value is -0.630. The first kappa shape index (κ1) is 10.9. The van der Waals surface area contributed by atoms with Gasteiger partial charge in [-0.05, 0) is 37.8 Å². The van der Waals surface area contributed by atoms with Crippen LogP contribution in [0.1, 0.15) is 40.5 Å². The maximum absolute atomic E-state index is 11.0. The molecule has 2 heteroatoms. The second-order valence-electron chi connectivity index (χ2n) is 5.70. The highest BCUT2D eigenvalue weighted by molar-refractivity contribution is 5.87. The number of fused-ring (bicyclic) bond motifs is 2. The topological polar surface area (TPSA) is 26.3 Å². The highest BCUT2D eigenvalue weighted by Crippen LogP contribution is 2.58. The third-order valence-corrected chi connectivity index (χ3v) is 4.07. The van der Waals surface area contributed by atoms with Gasteiger partial charge in [0.25, 0.3) is 0 Å². The fourth-order valence-electron chi connectivity index (χ4n) is 3.36. The van der Waals surface area contributed by atoms with Gasteiger partial charge in [0.1, 0.15) is 0 Å². The molecule has 2 nitrogen and oxygen atoms in total. The van der Waals surface area contributed by atoms with Crippen LogP contribution in [0, 0.1) is 11.3 Å². The minimum absolute atomic E-state index is 0.103. The summed E-state index contributed by atoms with van der Waals surface area (Å²) in [5.74, 6) is 0.619. The lowest BCUT2D eigenvalue weighted by molar-refractivity contribution is -0.112. The molecule has 1 unspecified atom stereocenters. The first-order chi connectivity index (χ1) is 6.87. The molecular weight excluding hydrogens is 188 g/mol. The predicted molar refractivity (Wildman–Crippen MR) is 59.6 cm³/mol. The van der Waals surface area contributed by atoms with E-state index in [0.29, 0.717) is 12.0 Å². The van der Waals surface area contributed by atoms with Crippen molar-refractivity contribution in [2.45, 2.75) is 52.2 Å². The van der Waals surface area contributed by atoms with Gasteiger partial charge in [0.15, 0.2) is 5.78 Å². The largest absolute Gasteiger partial charge is 0.367 e. The lowest BCUT2D eigenvalue weighted by atomic mass is 9.63. The molecular formula is C13H20O2. The van der Waals surface area contributed by atoms with Crippen molar-refractivity contribution in [3.8, 4) is 0 Å². The van der Waals surface area contributed by atoms with Gasteiger partial charge < -0.3 is 4.74 Å². The van der Waals surface area contributed by atoms with Gasteiger partial charge in [0.05, 0.1) is 11.7 Å². The molecule has 0 amide bonds. The van der Waals surface area contributed by atoms with Crippen molar-refractivity contribution in [1.29, 1.82) is 0 Å². The highest BCUT2D eigenvalue weighted by Gasteiger charge is 2.60. The van der Waals surface area contributed by atoms with Crippen molar-refractivity contribution in [2.24, 2.45) is 11.3 Å². The van der Waals surface area contributed by atoms with Crippen LogP contribution in [-0.2, 0) is 9.53 Å². The number of ketones is 1. The van der Waals surface area contributed by atoms with E-state index in [1.165, 1.54) is 0 Å². The predicted octanol–water partition coefficient (Wildman–Crippen LogP) is 2.73. The van der Waals surface area contributed by atoms with Gasteiger partial charge >= 0.3 is 0 Å². The lowest BCUT2D eigenvalue weighted by Crippen LogP contribution is -2.44. The van der Waals surface area contributed by atoms with E-state index in [9.17, 15) is 4.79 Å². The Kier molecular flexibility index (Phi) is 2.30. The van der Waals surface area contributed by atoms with Crippen LogP contribution in [0.4, 0.5) is 0 Å². The van der Waals surface area contributed by atoms with Crippen LogP contribution in [-0.4, -0.2) is 17.5 Å². The zero-order valence-corrected chi connectivity index (χ0v) is 10.0. The summed E-state index contributed by atoms with van der Waals surface area (Å²) in [5, 5.41) is 0. The van der Waals surface area contributed by atoms with E-state index in [4.69, 9.17) is 4.74 Å². The van der Waals surface area contributed by atoms with Gasteiger partial charge in [-0.3, -0.25) is 4.79 Å². The Morgan fingerprint density at radius 3 is 2.60 bits per heavy atom. The van der Waals surface area contributed by atoms with E-state index in [1.54, 1.807) is 13.0 Å². The maximum Gasteiger partial charge on any atom is 0.152 e. The molecule has 0 N–H and O–H groups in total. The Labute approximate surface area is 91.7 Å². The summed E-state index contributed by atoms with van der Waals surface area (Å²) in [4.78, 5) is 11.0. The van der Waals surface area contributed by atoms with Crippen LogP contribution in [0.3, 0.4) is 0 Å². The molecule has 2 aliphatic rings. The summed E-state index contributed by atoms with van der Waals surface area (Å²) in [6.45, 7) is 8.30. The minimum atomic E-state index is -0.205. The second-order valence-corrected chi connectivity index (χ2v) is 5.70. The summed E-state index contributed by atoms with van der Waals surface area (Å²) in [6, 6.07) is 0. The Balaban J connectivity index is 2.33. The quantitative estimate of drug-likeness (QED) is 0.652. The van der Waals surface area contributed by atoms with E-state index >= 15 is 0 Å². The van der Waals surface area contributed by atoms with Crippen molar-refractivity contribution in [1.82, 2.24) is 0 Å². The molecule has 2 bridgehead atoms. The van der Waals surface area contributed by atoms with Crippen molar-refractivity contribution in [3.05, 3.63) is 12.2 Å². The van der Waals surface area contributed by atoms with Gasteiger partial charge in [-0.15, -0.1) is 0 Å². The summed E-state index contributed by atoms with van der Waals surface area (Å²) in [6.07, 6.45) is 6.32. The molecule has 84 valence electrons. The first-order valence-electron chi connectivity index (χ1n) is 5.75. The molecule has 0 spiro atoms. The smallest absolute Gasteiger partial charge is 0.152 e. The maximum atomic E-state index is 11.0. The standard InChI is InChI=1S/C13H20O2/c1-9-7-11-8-12(3,4)13(9,15-11)6-5-10(2)14/h5-6,9,11H,7-8H2,1-4H3/b6-5+/t9-,11-,13?/m1/s1.